The zero-order valence-electron chi connectivity index (χ0n) is 37.0. The van der Waals surface area contributed by atoms with E-state index in [1.807, 2.05) is 0 Å². The Kier molecular flexibility index (Phi) is 7.35. The summed E-state index contributed by atoms with van der Waals surface area (Å²) in [7, 11) is 0. The molecule has 6 aliphatic rings. The fourth-order valence-electron chi connectivity index (χ4n) is 12.6. The molecule has 0 radical (unpaired) electrons. The summed E-state index contributed by atoms with van der Waals surface area (Å²) in [5, 5.41) is 0. The molecule has 0 saturated heterocycles. The van der Waals surface area contributed by atoms with Crippen molar-refractivity contribution >= 4 is 80.3 Å². The molecule has 0 aromatic heterocycles. The van der Waals surface area contributed by atoms with E-state index in [1.165, 1.54) is 22.3 Å². The summed E-state index contributed by atoms with van der Waals surface area (Å²) in [5.74, 6) is 6.66. The predicted octanol–water partition coefficient (Wildman–Crippen LogP) is 11.1. The van der Waals surface area contributed by atoms with Gasteiger partial charge in [0.1, 0.15) is 46.0 Å². The van der Waals surface area contributed by atoms with Crippen molar-refractivity contribution in [3.8, 4) is 46.0 Å². The van der Waals surface area contributed by atoms with Crippen LogP contribution in [0.4, 0.5) is 34.1 Å². The minimum atomic E-state index is -0.718. The van der Waals surface area contributed by atoms with Crippen LogP contribution in [0.5, 0.6) is 46.0 Å². The summed E-state index contributed by atoms with van der Waals surface area (Å²) in [4.78, 5) is 4.81. The molecule has 1 spiro atoms. The van der Waals surface area contributed by atoms with Crippen LogP contribution in [0.15, 0.2) is 218 Å². The Morgan fingerprint density at radius 3 is 0.812 bits per heavy atom. The van der Waals surface area contributed by atoms with Crippen LogP contribution in [-0.2, 0) is 5.41 Å². The molecule has 16 rings (SSSR count). The first kappa shape index (κ1) is 37.2. The normalized spacial score (nSPS) is 14.8. The third-order valence-corrected chi connectivity index (χ3v) is 15.3. The van der Waals surface area contributed by atoms with E-state index >= 15 is 0 Å². The van der Waals surface area contributed by atoms with E-state index in [4.69, 9.17) is 18.9 Å². The molecule has 0 saturated carbocycles. The molecular formula is C61H36B2N2O4. The predicted molar refractivity (Wildman–Crippen MR) is 277 cm³/mol. The van der Waals surface area contributed by atoms with E-state index in [1.54, 1.807) is 0 Å². The standard InChI is InChI=1S/C61H36B2N2O4/c1-9-25-47-39(17-1)61(40-18-2-10-26-48(40)64(47)37-33-55-59-56(34-37)67-52-30-14-6-22-44(52)62(59)43-21-5-13-29-51(43)66-55)41-19-3-11-27-49(41)65(50-28-12-4-20-42(50)61)38-35-57-60-58(36-38)69-54-32-16-8-24-46(54)63(60)45-23-7-15-31-53(45)68-57/h1-36H. The highest BCUT2D eigenvalue weighted by molar-refractivity contribution is 6.99. The molecule has 0 N–H and O–H groups in total. The fourth-order valence-corrected chi connectivity index (χ4v) is 12.6. The van der Waals surface area contributed by atoms with Crippen molar-refractivity contribution in [1.29, 1.82) is 0 Å². The number of hydrogen-bond donors (Lipinski definition) is 0. The zero-order valence-corrected chi connectivity index (χ0v) is 37.0. The third kappa shape index (κ3) is 4.87. The summed E-state index contributed by atoms with van der Waals surface area (Å²) in [6.07, 6.45) is 0. The first-order chi connectivity index (χ1) is 34.2. The van der Waals surface area contributed by atoms with E-state index in [0.29, 0.717) is 0 Å². The van der Waals surface area contributed by atoms with Gasteiger partial charge in [-0.3, -0.25) is 0 Å². The monoisotopic (exact) mass is 882 g/mol. The number of rotatable bonds is 2. The Labute approximate surface area is 399 Å². The maximum atomic E-state index is 6.87. The molecule has 320 valence electrons. The van der Waals surface area contributed by atoms with Gasteiger partial charge in [0.2, 0.25) is 0 Å². The molecule has 6 heterocycles. The molecule has 6 aliphatic heterocycles. The van der Waals surface area contributed by atoms with Gasteiger partial charge in [0, 0.05) is 35.2 Å². The van der Waals surface area contributed by atoms with Gasteiger partial charge in [0.05, 0.1) is 39.5 Å². The minimum absolute atomic E-state index is 0.0125. The van der Waals surface area contributed by atoms with Crippen molar-refractivity contribution in [2.45, 2.75) is 5.41 Å². The van der Waals surface area contributed by atoms with Gasteiger partial charge in [0.15, 0.2) is 0 Å². The Morgan fingerprint density at radius 2 is 0.522 bits per heavy atom. The third-order valence-electron chi connectivity index (χ3n) is 15.3. The second-order valence-electron chi connectivity index (χ2n) is 18.6. The minimum Gasteiger partial charge on any atom is -0.458 e. The van der Waals surface area contributed by atoms with Crippen molar-refractivity contribution < 1.29 is 18.9 Å². The molecule has 8 heteroatoms. The quantitative estimate of drug-likeness (QED) is 0.161. The van der Waals surface area contributed by atoms with Crippen LogP contribution in [0, 0.1) is 0 Å². The highest BCUT2D eigenvalue weighted by Gasteiger charge is 2.52. The van der Waals surface area contributed by atoms with Crippen LogP contribution in [0.1, 0.15) is 22.3 Å². The number of ether oxygens (including phenoxy) is 4. The summed E-state index contributed by atoms with van der Waals surface area (Å²) in [6, 6.07) is 78.1. The lowest BCUT2D eigenvalue weighted by atomic mass is 9.35. The summed E-state index contributed by atoms with van der Waals surface area (Å²) in [6.45, 7) is -0.0249. The molecule has 10 aromatic rings. The number of hydrogen-bond acceptors (Lipinski definition) is 6. The van der Waals surface area contributed by atoms with E-state index < -0.39 is 5.41 Å². The molecule has 0 bridgehead atoms. The Bertz CT molecular complexity index is 3400. The van der Waals surface area contributed by atoms with Crippen molar-refractivity contribution in [1.82, 2.24) is 0 Å². The average molecular weight is 883 g/mol. The van der Waals surface area contributed by atoms with Gasteiger partial charge in [-0.15, -0.1) is 0 Å². The summed E-state index contributed by atoms with van der Waals surface area (Å²) < 4.78 is 27.5. The maximum Gasteiger partial charge on any atom is 0.260 e. The molecule has 6 nitrogen and oxygen atoms in total. The van der Waals surface area contributed by atoms with Gasteiger partial charge in [-0.2, -0.15) is 0 Å². The van der Waals surface area contributed by atoms with Gasteiger partial charge < -0.3 is 28.7 Å². The Balaban J connectivity index is 0.904. The highest BCUT2D eigenvalue weighted by atomic mass is 16.5. The van der Waals surface area contributed by atoms with Crippen LogP contribution >= 0.6 is 0 Å². The smallest absolute Gasteiger partial charge is 0.260 e. The second kappa shape index (κ2) is 13.6. The molecular weight excluding hydrogens is 846 g/mol. The SMILES string of the molecule is c1ccc2c(c1)Oc1cc(N3c4ccccc4C4(c5ccccc53)c3ccccc3N(c3cc5c6c(c3)Oc3ccccc3B6c3ccccc3O5)c3ccccc34)cc3c1B2c1ccccc1O3. The summed E-state index contributed by atoms with van der Waals surface area (Å²) >= 11 is 0. The van der Waals surface area contributed by atoms with Gasteiger partial charge in [-0.1, -0.05) is 146 Å². The lowest BCUT2D eigenvalue weighted by molar-refractivity contribution is 0.464. The van der Waals surface area contributed by atoms with Crippen molar-refractivity contribution in [3.63, 3.8) is 0 Å². The molecule has 69 heavy (non-hydrogen) atoms. The molecule has 0 atom stereocenters. The van der Waals surface area contributed by atoms with Crippen molar-refractivity contribution in [2.24, 2.45) is 0 Å². The molecule has 0 unspecified atom stereocenters. The topological polar surface area (TPSA) is 43.4 Å². The van der Waals surface area contributed by atoms with Gasteiger partial charge in [-0.05, 0) is 92.6 Å². The van der Waals surface area contributed by atoms with E-state index in [9.17, 15) is 0 Å². The molecule has 0 amide bonds. The first-order valence-electron chi connectivity index (χ1n) is 23.6. The lowest BCUT2D eigenvalue weighted by Crippen LogP contribution is -2.57. The number of nitrogens with zero attached hydrogens (tertiary/aromatic N) is 2. The second-order valence-corrected chi connectivity index (χ2v) is 18.6. The molecule has 0 aliphatic carbocycles. The van der Waals surface area contributed by atoms with Gasteiger partial charge in [0.25, 0.3) is 13.4 Å². The Hall–Kier alpha value is -8.87. The molecule has 10 aromatic carbocycles. The van der Waals surface area contributed by atoms with Crippen LogP contribution in [0.25, 0.3) is 0 Å². The van der Waals surface area contributed by atoms with Crippen LogP contribution in [-0.4, -0.2) is 13.4 Å². The van der Waals surface area contributed by atoms with Crippen molar-refractivity contribution in [3.05, 3.63) is 241 Å². The average Bonchev–Trinajstić information content (AvgIpc) is 3.40. The maximum absolute atomic E-state index is 6.87. The van der Waals surface area contributed by atoms with E-state index in [-0.39, 0.29) is 13.4 Å². The van der Waals surface area contributed by atoms with E-state index in [2.05, 4.69) is 228 Å². The number of anilines is 6. The van der Waals surface area contributed by atoms with Gasteiger partial charge >= 0.3 is 0 Å². The highest BCUT2D eigenvalue weighted by Crippen LogP contribution is 2.64. The fraction of sp³-hybridized carbons (Fsp3) is 0.0164. The molecule has 0 fully saturated rings. The van der Waals surface area contributed by atoms with Crippen molar-refractivity contribution in [2.75, 3.05) is 9.80 Å². The first-order valence-corrected chi connectivity index (χ1v) is 23.6. The number of fused-ring (bicyclic) bond motifs is 16. The summed E-state index contributed by atoms with van der Waals surface area (Å²) in [5.41, 5.74) is 16.9. The van der Waals surface area contributed by atoms with Crippen LogP contribution < -0.4 is 61.5 Å². The lowest BCUT2D eigenvalue weighted by Gasteiger charge is -2.51. The number of para-hydroxylation sites is 8. The number of benzene rings is 10. The zero-order chi connectivity index (χ0) is 45.0. The van der Waals surface area contributed by atoms with Crippen LogP contribution in [0.3, 0.4) is 0 Å². The van der Waals surface area contributed by atoms with E-state index in [0.717, 1.165) is 113 Å². The van der Waals surface area contributed by atoms with Crippen LogP contribution in [0.2, 0.25) is 0 Å². The largest absolute Gasteiger partial charge is 0.458 e. The van der Waals surface area contributed by atoms with Gasteiger partial charge in [-0.25, -0.2) is 0 Å². The Morgan fingerprint density at radius 1 is 0.275 bits per heavy atom.